The second kappa shape index (κ2) is 5.85. The summed E-state index contributed by atoms with van der Waals surface area (Å²) < 4.78 is 1.76. The number of nitrogens with one attached hydrogen (secondary N) is 1. The number of hydrogen-bond donors (Lipinski definition) is 2. The van der Waals surface area contributed by atoms with Gasteiger partial charge in [0.1, 0.15) is 6.04 Å². The van der Waals surface area contributed by atoms with Crippen LogP contribution in [-0.2, 0) is 0 Å². The zero-order chi connectivity index (χ0) is 16.7. The summed E-state index contributed by atoms with van der Waals surface area (Å²) in [5.74, 6) is 0.821. The van der Waals surface area contributed by atoms with Crippen molar-refractivity contribution >= 4 is 40.8 Å². The number of allylic oxidation sites excluding steroid dienone is 1. The summed E-state index contributed by atoms with van der Waals surface area (Å²) in [6.45, 7) is 0. The molecule has 0 fully saturated rings. The Morgan fingerprint density at radius 1 is 0.958 bits per heavy atom. The van der Waals surface area contributed by atoms with Gasteiger partial charge in [0.15, 0.2) is 0 Å². The lowest BCUT2D eigenvalue weighted by molar-refractivity contribution is 0.614. The van der Waals surface area contributed by atoms with Gasteiger partial charge in [0.25, 0.3) is 0 Å². The molecule has 2 aromatic carbocycles. The average molecular weight is 358 g/mol. The predicted octanol–water partition coefficient (Wildman–Crippen LogP) is 4.22. The SMILES string of the molecule is Nc1nc2n(n1)[C@@H](c1ccc(Cl)cc1)C=C(c1ccc(Cl)cc1)N2. The first-order valence-electron chi connectivity index (χ1n) is 7.32. The van der Waals surface area contributed by atoms with E-state index in [1.165, 1.54) is 0 Å². The van der Waals surface area contributed by atoms with Crippen molar-refractivity contribution < 1.29 is 0 Å². The minimum absolute atomic E-state index is 0.131. The van der Waals surface area contributed by atoms with E-state index in [4.69, 9.17) is 28.9 Å². The monoisotopic (exact) mass is 357 g/mol. The largest absolute Gasteiger partial charge is 0.366 e. The van der Waals surface area contributed by atoms with Crippen LogP contribution in [-0.4, -0.2) is 14.8 Å². The fraction of sp³-hybridized carbons (Fsp3) is 0.0588. The van der Waals surface area contributed by atoms with E-state index < -0.39 is 0 Å². The van der Waals surface area contributed by atoms with Crippen molar-refractivity contribution in [1.82, 2.24) is 14.8 Å². The van der Waals surface area contributed by atoms with E-state index >= 15 is 0 Å². The first-order chi connectivity index (χ1) is 11.6. The number of nitrogens with two attached hydrogens (primary N) is 1. The average Bonchev–Trinajstić information content (AvgIpc) is 2.95. The lowest BCUT2D eigenvalue weighted by atomic mass is 10.0. The van der Waals surface area contributed by atoms with Gasteiger partial charge in [0.2, 0.25) is 11.9 Å². The van der Waals surface area contributed by atoms with Gasteiger partial charge in [0, 0.05) is 15.7 Å². The zero-order valence-corrected chi connectivity index (χ0v) is 14.0. The highest BCUT2D eigenvalue weighted by atomic mass is 35.5. The van der Waals surface area contributed by atoms with E-state index in [-0.39, 0.29) is 12.0 Å². The third-order valence-electron chi connectivity index (χ3n) is 3.85. The molecule has 0 saturated heterocycles. The highest BCUT2D eigenvalue weighted by Gasteiger charge is 2.24. The number of nitrogens with zero attached hydrogens (tertiary/aromatic N) is 3. The van der Waals surface area contributed by atoms with Crippen LogP contribution < -0.4 is 11.1 Å². The van der Waals surface area contributed by atoms with Gasteiger partial charge in [-0.3, -0.25) is 0 Å². The topological polar surface area (TPSA) is 68.8 Å². The van der Waals surface area contributed by atoms with Gasteiger partial charge in [0.05, 0.1) is 0 Å². The van der Waals surface area contributed by atoms with Crippen molar-refractivity contribution in [2.24, 2.45) is 0 Å². The van der Waals surface area contributed by atoms with Crippen LogP contribution in [0.3, 0.4) is 0 Å². The van der Waals surface area contributed by atoms with Crippen LogP contribution >= 0.6 is 23.2 Å². The van der Waals surface area contributed by atoms with Gasteiger partial charge in [-0.05, 0) is 41.5 Å². The molecule has 5 nitrogen and oxygen atoms in total. The van der Waals surface area contributed by atoms with Crippen LogP contribution in [0.4, 0.5) is 11.9 Å². The molecule has 0 unspecified atom stereocenters. The maximum atomic E-state index is 6.00. The molecule has 4 rings (SSSR count). The molecular weight excluding hydrogens is 345 g/mol. The van der Waals surface area contributed by atoms with Gasteiger partial charge in [-0.25, -0.2) is 4.68 Å². The quantitative estimate of drug-likeness (QED) is 0.720. The van der Waals surface area contributed by atoms with Crippen LogP contribution in [0.5, 0.6) is 0 Å². The molecular formula is C17H13Cl2N5. The summed E-state index contributed by atoms with van der Waals surface area (Å²) in [6.07, 6.45) is 2.08. The normalized spacial score (nSPS) is 16.2. The van der Waals surface area contributed by atoms with Gasteiger partial charge in [-0.1, -0.05) is 47.5 Å². The number of nitrogen functional groups attached to an aromatic ring is 1. The first-order valence-corrected chi connectivity index (χ1v) is 8.08. The fourth-order valence-electron chi connectivity index (χ4n) is 2.70. The van der Waals surface area contributed by atoms with Crippen LogP contribution in [0, 0.1) is 0 Å². The number of benzene rings is 2. The number of halogens is 2. The van der Waals surface area contributed by atoms with Crippen molar-refractivity contribution in [3.63, 3.8) is 0 Å². The summed E-state index contributed by atoms with van der Waals surface area (Å²) in [7, 11) is 0. The van der Waals surface area contributed by atoms with Crippen LogP contribution in [0.25, 0.3) is 5.70 Å². The Kier molecular flexibility index (Phi) is 3.67. The highest BCUT2D eigenvalue weighted by molar-refractivity contribution is 6.30. The second-order valence-electron chi connectivity index (χ2n) is 5.45. The third kappa shape index (κ3) is 2.72. The van der Waals surface area contributed by atoms with Crippen molar-refractivity contribution in [2.75, 3.05) is 11.1 Å². The molecule has 7 heteroatoms. The van der Waals surface area contributed by atoms with Crippen LogP contribution in [0.15, 0.2) is 54.6 Å². The summed E-state index contributed by atoms with van der Waals surface area (Å²) >= 11 is 12.0. The Labute approximate surface area is 148 Å². The Morgan fingerprint density at radius 3 is 2.25 bits per heavy atom. The van der Waals surface area contributed by atoms with Gasteiger partial charge in [-0.15, -0.1) is 5.10 Å². The molecule has 0 spiro atoms. The number of rotatable bonds is 2. The van der Waals surface area contributed by atoms with E-state index in [2.05, 4.69) is 21.5 Å². The number of fused-ring (bicyclic) bond motifs is 1. The van der Waals surface area contributed by atoms with E-state index in [1.807, 2.05) is 48.5 Å². The van der Waals surface area contributed by atoms with Crippen molar-refractivity contribution in [3.05, 3.63) is 75.8 Å². The maximum absolute atomic E-state index is 6.00. The molecule has 1 atom stereocenters. The first kappa shape index (κ1) is 15.1. The smallest absolute Gasteiger partial charge is 0.241 e. The Hall–Kier alpha value is -2.50. The zero-order valence-electron chi connectivity index (χ0n) is 12.4. The minimum Gasteiger partial charge on any atom is -0.366 e. The van der Waals surface area contributed by atoms with Crippen LogP contribution in [0.2, 0.25) is 10.0 Å². The van der Waals surface area contributed by atoms with Crippen LogP contribution in [0.1, 0.15) is 17.2 Å². The molecule has 0 aliphatic carbocycles. The second-order valence-corrected chi connectivity index (χ2v) is 6.32. The fourth-order valence-corrected chi connectivity index (χ4v) is 2.96. The summed E-state index contributed by atoms with van der Waals surface area (Å²) in [4.78, 5) is 4.26. The molecule has 0 bridgehead atoms. The maximum Gasteiger partial charge on any atom is 0.241 e. The number of hydrogen-bond acceptors (Lipinski definition) is 4. The molecule has 0 radical (unpaired) electrons. The van der Waals surface area contributed by atoms with Crippen molar-refractivity contribution in [1.29, 1.82) is 0 Å². The van der Waals surface area contributed by atoms with E-state index in [9.17, 15) is 0 Å². The van der Waals surface area contributed by atoms with Crippen molar-refractivity contribution in [3.8, 4) is 0 Å². The molecule has 2 heterocycles. The van der Waals surface area contributed by atoms with Gasteiger partial charge >= 0.3 is 0 Å². The predicted molar refractivity (Wildman–Crippen MR) is 97.1 cm³/mol. The Balaban J connectivity index is 1.82. The van der Waals surface area contributed by atoms with E-state index in [1.54, 1.807) is 4.68 Å². The summed E-state index contributed by atoms with van der Waals surface area (Å²) in [5, 5.41) is 8.94. The molecule has 0 saturated carbocycles. The lowest BCUT2D eigenvalue weighted by Crippen LogP contribution is -2.20. The molecule has 3 N–H and O–H groups in total. The van der Waals surface area contributed by atoms with Crippen molar-refractivity contribution in [2.45, 2.75) is 6.04 Å². The molecule has 3 aromatic rings. The summed E-state index contributed by atoms with van der Waals surface area (Å²) in [6, 6.07) is 15.1. The molecule has 120 valence electrons. The summed E-state index contributed by atoms with van der Waals surface area (Å²) in [5.41, 5.74) is 8.75. The lowest BCUT2D eigenvalue weighted by Gasteiger charge is -2.24. The molecule has 24 heavy (non-hydrogen) atoms. The minimum atomic E-state index is -0.131. The third-order valence-corrected chi connectivity index (χ3v) is 4.35. The Morgan fingerprint density at radius 2 is 1.58 bits per heavy atom. The van der Waals surface area contributed by atoms with Gasteiger partial charge < -0.3 is 11.1 Å². The standard InChI is InChI=1S/C17H13Cl2N5/c18-12-5-1-10(2-6-12)14-9-15(11-3-7-13(19)8-4-11)24-17(21-14)22-16(20)23-24/h1-9,15H,(H3,20,21,22,23)/t15-/m1/s1. The Bertz CT molecular complexity index is 913. The van der Waals surface area contributed by atoms with E-state index in [0.717, 1.165) is 16.8 Å². The highest BCUT2D eigenvalue weighted by Crippen LogP contribution is 2.33. The molecule has 1 aliphatic heterocycles. The molecule has 0 amide bonds. The van der Waals surface area contributed by atoms with E-state index in [0.29, 0.717) is 16.0 Å². The number of aromatic nitrogens is 3. The molecule has 1 aromatic heterocycles. The van der Waals surface area contributed by atoms with Gasteiger partial charge in [-0.2, -0.15) is 4.98 Å². The molecule has 1 aliphatic rings. The number of anilines is 2.